The number of aromatic carboxylic acids is 1. The number of carbonyl (C=O) groups is 2. The van der Waals surface area contributed by atoms with Gasteiger partial charge in [0.05, 0.1) is 11.5 Å². The second-order valence-electron chi connectivity index (χ2n) is 6.10. The van der Waals surface area contributed by atoms with E-state index >= 15 is 0 Å². The summed E-state index contributed by atoms with van der Waals surface area (Å²) in [6.45, 7) is 1.42. The summed E-state index contributed by atoms with van der Waals surface area (Å²) in [5, 5.41) is 14.4. The van der Waals surface area contributed by atoms with Gasteiger partial charge in [0, 0.05) is 24.8 Å². The summed E-state index contributed by atoms with van der Waals surface area (Å²) < 4.78 is 5.40. The van der Waals surface area contributed by atoms with E-state index in [1.165, 1.54) is 17.4 Å². The van der Waals surface area contributed by atoms with Crippen LogP contribution in [0.25, 0.3) is 0 Å². The number of ether oxygens (including phenoxy) is 1. The number of hydrogen-bond donors (Lipinski definition) is 2. The highest BCUT2D eigenvalue weighted by Crippen LogP contribution is 2.31. The Morgan fingerprint density at radius 2 is 2.16 bits per heavy atom. The van der Waals surface area contributed by atoms with E-state index < -0.39 is 11.9 Å². The minimum atomic E-state index is -0.994. The minimum absolute atomic E-state index is 0.149. The highest BCUT2D eigenvalue weighted by atomic mass is 32.1. The maximum atomic E-state index is 12.8. The molecule has 1 aromatic heterocycles. The zero-order chi connectivity index (χ0) is 17.6. The Hall–Kier alpha value is -2.25. The lowest BCUT2D eigenvalue weighted by Gasteiger charge is -2.26. The molecule has 0 spiro atoms. The van der Waals surface area contributed by atoms with E-state index in [9.17, 15) is 14.7 Å². The fraction of sp³-hybridized carbons (Fsp3) is 0.389. The van der Waals surface area contributed by atoms with E-state index in [0.29, 0.717) is 30.7 Å². The largest absolute Gasteiger partial charge is 0.478 e. The molecule has 0 bridgehead atoms. The number of carboxylic acid groups (broad SMARTS) is 1. The molecule has 25 heavy (non-hydrogen) atoms. The molecule has 2 aromatic rings. The standard InChI is InChI=1S/C18H20N2O4S/c21-16(20-18-19-6-9-25-18)15(10-12-4-7-24-8-5-12)13-2-1-3-14(11-13)17(22)23/h1-3,6,9,11-12,15H,4-5,7-8,10H2,(H,22,23)(H,19,20,21). The monoisotopic (exact) mass is 360 g/mol. The van der Waals surface area contributed by atoms with Gasteiger partial charge in [-0.3, -0.25) is 4.79 Å². The van der Waals surface area contributed by atoms with Gasteiger partial charge in [-0.1, -0.05) is 12.1 Å². The van der Waals surface area contributed by atoms with Crippen molar-refractivity contribution in [1.82, 2.24) is 4.98 Å². The Labute approximate surface area is 149 Å². The van der Waals surface area contributed by atoms with Crippen molar-refractivity contribution in [2.45, 2.75) is 25.2 Å². The summed E-state index contributed by atoms with van der Waals surface area (Å²) in [5.74, 6) is -1.17. The summed E-state index contributed by atoms with van der Waals surface area (Å²) in [5.41, 5.74) is 0.914. The highest BCUT2D eigenvalue weighted by molar-refractivity contribution is 7.13. The summed E-state index contributed by atoms with van der Waals surface area (Å²) >= 11 is 1.36. The smallest absolute Gasteiger partial charge is 0.335 e. The van der Waals surface area contributed by atoms with Crippen LogP contribution in [0.3, 0.4) is 0 Å². The molecule has 1 amide bonds. The third kappa shape index (κ3) is 4.64. The molecule has 1 aromatic carbocycles. The number of carboxylic acids is 1. The van der Waals surface area contributed by atoms with Gasteiger partial charge in [-0.2, -0.15) is 0 Å². The second-order valence-corrected chi connectivity index (χ2v) is 7.00. The Morgan fingerprint density at radius 3 is 2.84 bits per heavy atom. The molecule has 0 radical (unpaired) electrons. The molecule has 1 aliphatic rings. The van der Waals surface area contributed by atoms with Gasteiger partial charge in [0.25, 0.3) is 0 Å². The van der Waals surface area contributed by atoms with Crippen molar-refractivity contribution in [2.24, 2.45) is 5.92 Å². The molecule has 2 N–H and O–H groups in total. The van der Waals surface area contributed by atoms with Crippen LogP contribution in [0.1, 0.15) is 41.1 Å². The fourth-order valence-electron chi connectivity index (χ4n) is 3.08. The molecule has 0 aliphatic carbocycles. The third-order valence-electron chi connectivity index (χ3n) is 4.42. The molecule has 1 aliphatic heterocycles. The maximum Gasteiger partial charge on any atom is 0.335 e. The van der Waals surface area contributed by atoms with Crippen LogP contribution in [0.4, 0.5) is 5.13 Å². The summed E-state index contributed by atoms with van der Waals surface area (Å²) in [6, 6.07) is 6.63. The molecule has 1 saturated heterocycles. The van der Waals surface area contributed by atoms with Crippen molar-refractivity contribution in [3.05, 3.63) is 47.0 Å². The van der Waals surface area contributed by atoms with Gasteiger partial charge < -0.3 is 15.2 Å². The van der Waals surface area contributed by atoms with Crippen molar-refractivity contribution in [3.8, 4) is 0 Å². The zero-order valence-electron chi connectivity index (χ0n) is 13.7. The first-order chi connectivity index (χ1) is 12.1. The molecule has 1 atom stereocenters. The van der Waals surface area contributed by atoms with Gasteiger partial charge in [0.1, 0.15) is 0 Å². The van der Waals surface area contributed by atoms with Crippen LogP contribution < -0.4 is 5.32 Å². The number of nitrogens with zero attached hydrogens (tertiary/aromatic N) is 1. The lowest BCUT2D eigenvalue weighted by molar-refractivity contribution is -0.118. The van der Waals surface area contributed by atoms with Crippen LogP contribution in [0, 0.1) is 5.92 Å². The van der Waals surface area contributed by atoms with E-state index in [2.05, 4.69) is 10.3 Å². The van der Waals surface area contributed by atoms with E-state index in [-0.39, 0.29) is 11.5 Å². The van der Waals surface area contributed by atoms with Crippen LogP contribution >= 0.6 is 11.3 Å². The normalized spacial score (nSPS) is 16.3. The first kappa shape index (κ1) is 17.6. The van der Waals surface area contributed by atoms with Gasteiger partial charge in [-0.15, -0.1) is 11.3 Å². The fourth-order valence-corrected chi connectivity index (χ4v) is 3.61. The van der Waals surface area contributed by atoms with Crippen LogP contribution in [-0.4, -0.2) is 35.2 Å². The number of amides is 1. The quantitative estimate of drug-likeness (QED) is 0.824. The molecule has 2 heterocycles. The maximum absolute atomic E-state index is 12.8. The molecule has 6 nitrogen and oxygen atoms in total. The molecule has 0 saturated carbocycles. The summed E-state index contributed by atoms with van der Waals surface area (Å²) in [6.07, 6.45) is 4.14. The van der Waals surface area contributed by atoms with Crippen molar-refractivity contribution in [2.75, 3.05) is 18.5 Å². The Balaban J connectivity index is 1.83. The number of benzene rings is 1. The number of aromatic nitrogens is 1. The highest BCUT2D eigenvalue weighted by Gasteiger charge is 2.27. The lowest BCUT2D eigenvalue weighted by atomic mass is 9.84. The van der Waals surface area contributed by atoms with Gasteiger partial charge in [-0.05, 0) is 42.9 Å². The van der Waals surface area contributed by atoms with E-state index in [1.54, 1.807) is 23.7 Å². The third-order valence-corrected chi connectivity index (χ3v) is 5.11. The SMILES string of the molecule is O=C(O)c1cccc(C(CC2CCOCC2)C(=O)Nc2nccs2)c1. The summed E-state index contributed by atoms with van der Waals surface area (Å²) in [4.78, 5) is 28.2. The average Bonchev–Trinajstić information content (AvgIpc) is 3.13. The first-order valence-corrected chi connectivity index (χ1v) is 9.13. The van der Waals surface area contributed by atoms with Crippen molar-refractivity contribution in [1.29, 1.82) is 0 Å². The predicted molar refractivity (Wildman–Crippen MR) is 95.0 cm³/mol. The topological polar surface area (TPSA) is 88.5 Å². The van der Waals surface area contributed by atoms with Crippen LogP contribution in [-0.2, 0) is 9.53 Å². The molecule has 1 unspecified atom stereocenters. The number of nitrogens with one attached hydrogen (secondary N) is 1. The zero-order valence-corrected chi connectivity index (χ0v) is 14.5. The van der Waals surface area contributed by atoms with Crippen molar-refractivity contribution in [3.63, 3.8) is 0 Å². The number of thiazole rings is 1. The number of anilines is 1. The summed E-state index contributed by atoms with van der Waals surface area (Å²) in [7, 11) is 0. The molecule has 132 valence electrons. The van der Waals surface area contributed by atoms with Gasteiger partial charge >= 0.3 is 5.97 Å². The number of carbonyl (C=O) groups excluding carboxylic acids is 1. The first-order valence-electron chi connectivity index (χ1n) is 8.25. The Bertz CT molecular complexity index is 726. The van der Waals surface area contributed by atoms with Gasteiger partial charge in [0.2, 0.25) is 5.91 Å². The molecule has 3 rings (SSSR count). The van der Waals surface area contributed by atoms with E-state index in [0.717, 1.165) is 18.4 Å². The second kappa shape index (κ2) is 8.22. The van der Waals surface area contributed by atoms with E-state index in [4.69, 9.17) is 4.74 Å². The van der Waals surface area contributed by atoms with Crippen LogP contribution in [0.5, 0.6) is 0 Å². The van der Waals surface area contributed by atoms with E-state index in [1.807, 2.05) is 6.07 Å². The van der Waals surface area contributed by atoms with Crippen LogP contribution in [0.15, 0.2) is 35.8 Å². The lowest BCUT2D eigenvalue weighted by Crippen LogP contribution is -2.26. The predicted octanol–water partition coefficient (Wildman–Crippen LogP) is 3.38. The number of rotatable bonds is 6. The minimum Gasteiger partial charge on any atom is -0.478 e. The Kier molecular flexibility index (Phi) is 5.78. The van der Waals surface area contributed by atoms with Gasteiger partial charge in [0.15, 0.2) is 5.13 Å². The molecular formula is C18H20N2O4S. The number of hydrogen-bond acceptors (Lipinski definition) is 5. The molecular weight excluding hydrogens is 340 g/mol. The van der Waals surface area contributed by atoms with Gasteiger partial charge in [-0.25, -0.2) is 9.78 Å². The average molecular weight is 360 g/mol. The van der Waals surface area contributed by atoms with Crippen molar-refractivity contribution < 1.29 is 19.4 Å². The van der Waals surface area contributed by atoms with Crippen LogP contribution in [0.2, 0.25) is 0 Å². The van der Waals surface area contributed by atoms with Crippen molar-refractivity contribution >= 4 is 28.3 Å². The Morgan fingerprint density at radius 1 is 1.36 bits per heavy atom. The molecule has 1 fully saturated rings. The molecule has 7 heteroatoms.